The lowest BCUT2D eigenvalue weighted by Gasteiger charge is -2.10. The molecule has 1 aromatic rings. The molecule has 1 aliphatic carbocycles. The molecule has 16 heavy (non-hydrogen) atoms. The molecule has 0 radical (unpaired) electrons. The molecule has 0 aliphatic heterocycles. The summed E-state index contributed by atoms with van der Waals surface area (Å²) in [4.78, 5) is 0. The number of hydrogen-bond donors (Lipinski definition) is 1. The van der Waals surface area contributed by atoms with Crippen LogP contribution in [0.2, 0.25) is 0 Å². The van der Waals surface area contributed by atoms with Crippen molar-refractivity contribution < 1.29 is 0 Å². The first-order valence-electron chi connectivity index (χ1n) is 6.29. The van der Waals surface area contributed by atoms with Crippen LogP contribution >= 0.6 is 11.3 Å². The van der Waals surface area contributed by atoms with Gasteiger partial charge < -0.3 is 5.32 Å². The van der Waals surface area contributed by atoms with E-state index >= 15 is 0 Å². The highest BCUT2D eigenvalue weighted by atomic mass is 32.1. The topological polar surface area (TPSA) is 37.8 Å². The van der Waals surface area contributed by atoms with E-state index in [9.17, 15) is 0 Å². The van der Waals surface area contributed by atoms with E-state index < -0.39 is 0 Å². The van der Waals surface area contributed by atoms with Crippen LogP contribution in [-0.4, -0.2) is 16.7 Å². The zero-order valence-corrected chi connectivity index (χ0v) is 11.2. The van der Waals surface area contributed by atoms with E-state index in [1.807, 2.05) is 0 Å². The van der Waals surface area contributed by atoms with Crippen LogP contribution in [0.1, 0.15) is 62.0 Å². The molecule has 90 valence electrons. The fourth-order valence-corrected chi connectivity index (χ4v) is 3.62. The van der Waals surface area contributed by atoms with Gasteiger partial charge >= 0.3 is 0 Å². The molecule has 1 aliphatic rings. The molecule has 0 aromatic carbocycles. The first-order valence-corrected chi connectivity index (χ1v) is 7.10. The van der Waals surface area contributed by atoms with Gasteiger partial charge in [-0.2, -0.15) is 0 Å². The Bertz CT molecular complexity index is 337. The molecule has 1 fully saturated rings. The largest absolute Gasteiger partial charge is 0.308 e. The van der Waals surface area contributed by atoms with Crippen LogP contribution < -0.4 is 5.32 Å². The maximum absolute atomic E-state index is 4.38. The van der Waals surface area contributed by atoms with Crippen LogP contribution in [0.15, 0.2) is 0 Å². The van der Waals surface area contributed by atoms with Gasteiger partial charge in [-0.05, 0) is 25.8 Å². The van der Waals surface area contributed by atoms with Crippen molar-refractivity contribution in [1.29, 1.82) is 0 Å². The van der Waals surface area contributed by atoms with Gasteiger partial charge in [0.2, 0.25) is 0 Å². The summed E-state index contributed by atoms with van der Waals surface area (Å²) < 4.78 is 0. The first kappa shape index (κ1) is 12.0. The lowest BCUT2D eigenvalue weighted by atomic mass is 9.99. The highest BCUT2D eigenvalue weighted by Gasteiger charge is 2.28. The Hall–Kier alpha value is -0.480. The molecule has 1 heterocycles. The molecule has 0 saturated heterocycles. The van der Waals surface area contributed by atoms with Crippen molar-refractivity contribution in [2.75, 3.05) is 6.54 Å². The van der Waals surface area contributed by atoms with Crippen molar-refractivity contribution in [2.45, 2.75) is 52.0 Å². The van der Waals surface area contributed by atoms with E-state index in [4.69, 9.17) is 0 Å². The minimum atomic E-state index is 0.341. The molecule has 3 atom stereocenters. The summed E-state index contributed by atoms with van der Waals surface area (Å²) in [6.45, 7) is 7.60. The van der Waals surface area contributed by atoms with Gasteiger partial charge in [-0.15, -0.1) is 10.2 Å². The third kappa shape index (κ3) is 2.43. The van der Waals surface area contributed by atoms with Gasteiger partial charge in [-0.25, -0.2) is 0 Å². The lowest BCUT2D eigenvalue weighted by molar-refractivity contribution is 0.526. The molecule has 0 bridgehead atoms. The van der Waals surface area contributed by atoms with Crippen LogP contribution in [0.4, 0.5) is 0 Å². The van der Waals surface area contributed by atoms with Crippen molar-refractivity contribution >= 4 is 11.3 Å². The number of nitrogens with one attached hydrogen (secondary N) is 1. The number of rotatable bonds is 4. The highest BCUT2D eigenvalue weighted by molar-refractivity contribution is 7.11. The average Bonchev–Trinajstić information content (AvgIpc) is 2.86. The third-order valence-electron chi connectivity index (χ3n) is 3.52. The van der Waals surface area contributed by atoms with E-state index in [-0.39, 0.29) is 0 Å². The summed E-state index contributed by atoms with van der Waals surface area (Å²) in [7, 11) is 0. The molecule has 1 N–H and O–H groups in total. The molecule has 0 amide bonds. The van der Waals surface area contributed by atoms with Crippen LogP contribution in [0.3, 0.4) is 0 Å². The summed E-state index contributed by atoms with van der Waals surface area (Å²) >= 11 is 1.80. The van der Waals surface area contributed by atoms with Gasteiger partial charge in [-0.3, -0.25) is 0 Å². The zero-order chi connectivity index (χ0) is 11.5. The molecule has 3 unspecified atom stereocenters. The van der Waals surface area contributed by atoms with Gasteiger partial charge in [0.15, 0.2) is 0 Å². The van der Waals surface area contributed by atoms with Crippen molar-refractivity contribution in [1.82, 2.24) is 15.5 Å². The third-order valence-corrected chi connectivity index (χ3v) is 4.75. The van der Waals surface area contributed by atoms with Gasteiger partial charge in [-0.1, -0.05) is 38.0 Å². The van der Waals surface area contributed by atoms with E-state index in [0.29, 0.717) is 12.0 Å². The maximum atomic E-state index is 4.38. The number of aromatic nitrogens is 2. The summed E-state index contributed by atoms with van der Waals surface area (Å²) in [6, 6.07) is 0.341. The van der Waals surface area contributed by atoms with Crippen LogP contribution in [0.5, 0.6) is 0 Å². The Labute approximate surface area is 102 Å². The average molecular weight is 239 g/mol. The normalized spacial score (nSPS) is 27.2. The van der Waals surface area contributed by atoms with E-state index in [2.05, 4.69) is 36.3 Å². The predicted molar refractivity (Wildman–Crippen MR) is 67.8 cm³/mol. The monoisotopic (exact) mass is 239 g/mol. The van der Waals surface area contributed by atoms with Crippen LogP contribution in [0.25, 0.3) is 0 Å². The molecule has 3 nitrogen and oxygen atoms in total. The number of hydrogen-bond acceptors (Lipinski definition) is 4. The van der Waals surface area contributed by atoms with Crippen LogP contribution in [0, 0.1) is 5.92 Å². The van der Waals surface area contributed by atoms with Crippen molar-refractivity contribution in [3.63, 3.8) is 0 Å². The smallest absolute Gasteiger partial charge is 0.134 e. The Balaban J connectivity index is 2.06. The van der Waals surface area contributed by atoms with Gasteiger partial charge in [0.1, 0.15) is 10.0 Å². The second-order valence-electron chi connectivity index (χ2n) is 4.77. The minimum Gasteiger partial charge on any atom is -0.308 e. The standard InChI is InChI=1S/C12H21N3S/c1-4-13-9(3)11-14-15-12(16-11)10-7-5-6-8(10)2/h8-10,13H,4-7H2,1-3H3. The number of nitrogens with zero attached hydrogens (tertiary/aromatic N) is 2. The SMILES string of the molecule is CCNC(C)c1nnc(C2CCCC2C)s1. The summed E-state index contributed by atoms with van der Waals surface area (Å²) in [6.07, 6.45) is 4.00. The van der Waals surface area contributed by atoms with Gasteiger partial charge in [0, 0.05) is 5.92 Å². The Morgan fingerprint density at radius 3 is 2.88 bits per heavy atom. The first-order chi connectivity index (χ1) is 7.72. The predicted octanol–water partition coefficient (Wildman–Crippen LogP) is 3.11. The Morgan fingerprint density at radius 1 is 1.44 bits per heavy atom. The molecule has 4 heteroatoms. The minimum absolute atomic E-state index is 0.341. The fourth-order valence-electron chi connectivity index (χ4n) is 2.48. The lowest BCUT2D eigenvalue weighted by Crippen LogP contribution is -2.17. The highest BCUT2D eigenvalue weighted by Crippen LogP contribution is 2.40. The fraction of sp³-hybridized carbons (Fsp3) is 0.833. The van der Waals surface area contributed by atoms with Crippen molar-refractivity contribution in [2.24, 2.45) is 5.92 Å². The molecular formula is C12H21N3S. The Morgan fingerprint density at radius 2 is 2.25 bits per heavy atom. The second-order valence-corrected chi connectivity index (χ2v) is 5.81. The second kappa shape index (κ2) is 5.23. The van der Waals surface area contributed by atoms with E-state index in [1.165, 1.54) is 24.3 Å². The molecule has 0 spiro atoms. The molecule has 1 saturated carbocycles. The molecular weight excluding hydrogens is 218 g/mol. The summed E-state index contributed by atoms with van der Waals surface area (Å²) in [5.41, 5.74) is 0. The van der Waals surface area contributed by atoms with Crippen molar-refractivity contribution in [3.8, 4) is 0 Å². The van der Waals surface area contributed by atoms with Gasteiger partial charge in [0.25, 0.3) is 0 Å². The van der Waals surface area contributed by atoms with E-state index in [1.54, 1.807) is 11.3 Å². The maximum Gasteiger partial charge on any atom is 0.134 e. The zero-order valence-electron chi connectivity index (χ0n) is 10.4. The summed E-state index contributed by atoms with van der Waals surface area (Å²) in [5, 5.41) is 14.5. The Kier molecular flexibility index (Phi) is 3.92. The van der Waals surface area contributed by atoms with E-state index in [0.717, 1.165) is 17.5 Å². The molecule has 1 aromatic heterocycles. The van der Waals surface area contributed by atoms with Crippen LogP contribution in [-0.2, 0) is 0 Å². The molecule has 2 rings (SSSR count). The quantitative estimate of drug-likeness (QED) is 0.877. The summed E-state index contributed by atoms with van der Waals surface area (Å²) in [5.74, 6) is 1.45. The van der Waals surface area contributed by atoms with Gasteiger partial charge in [0.05, 0.1) is 6.04 Å². The van der Waals surface area contributed by atoms with Crippen molar-refractivity contribution in [3.05, 3.63) is 10.0 Å².